The van der Waals surface area contributed by atoms with Gasteiger partial charge in [0.15, 0.2) is 0 Å². The number of carbonyl (C=O) groups is 1. The van der Waals surface area contributed by atoms with Gasteiger partial charge >= 0.3 is 0 Å². The summed E-state index contributed by atoms with van der Waals surface area (Å²) in [6.45, 7) is 7.59. The lowest BCUT2D eigenvalue weighted by Gasteiger charge is -2.40. The number of amides is 1. The molecule has 4 heteroatoms. The quantitative estimate of drug-likeness (QED) is 0.792. The van der Waals surface area contributed by atoms with Crippen LogP contribution in [0.4, 0.5) is 4.39 Å². The summed E-state index contributed by atoms with van der Waals surface area (Å²) in [6.07, 6.45) is 4.91. The van der Waals surface area contributed by atoms with E-state index in [4.69, 9.17) is 4.74 Å². The molecule has 0 aromatic heterocycles. The zero-order valence-corrected chi connectivity index (χ0v) is 13.7. The molecule has 3 rings (SSSR count). The molecule has 23 heavy (non-hydrogen) atoms. The molecule has 124 valence electrons. The van der Waals surface area contributed by atoms with Crippen molar-refractivity contribution in [3.63, 3.8) is 0 Å². The van der Waals surface area contributed by atoms with Crippen LogP contribution >= 0.6 is 0 Å². The largest absolute Gasteiger partial charge is 0.369 e. The Labute approximate surface area is 137 Å². The van der Waals surface area contributed by atoms with E-state index in [0.717, 1.165) is 43.5 Å². The number of piperidine rings is 1. The van der Waals surface area contributed by atoms with Crippen LogP contribution in [-0.4, -0.2) is 30.5 Å². The summed E-state index contributed by atoms with van der Waals surface area (Å²) in [5.41, 5.74) is 2.12. The lowest BCUT2D eigenvalue weighted by atomic mass is 9.73. The summed E-state index contributed by atoms with van der Waals surface area (Å²) in [4.78, 5) is 13.8. The van der Waals surface area contributed by atoms with Crippen molar-refractivity contribution in [1.29, 1.82) is 0 Å². The van der Waals surface area contributed by atoms with Crippen LogP contribution in [0.1, 0.15) is 49.8 Å². The number of hydrogen-bond donors (Lipinski definition) is 0. The summed E-state index contributed by atoms with van der Waals surface area (Å²) in [6, 6.07) is 5.04. The average Bonchev–Trinajstić information content (AvgIpc) is 2.86. The Morgan fingerprint density at radius 3 is 2.87 bits per heavy atom. The number of ether oxygens (including phenoxy) is 1. The lowest BCUT2D eigenvalue weighted by molar-refractivity contribution is -0.132. The van der Waals surface area contributed by atoms with E-state index in [1.807, 2.05) is 17.9 Å². The molecular weight excluding hydrogens is 293 g/mol. The molecule has 2 aliphatic rings. The topological polar surface area (TPSA) is 29.5 Å². The molecule has 1 aliphatic carbocycles. The van der Waals surface area contributed by atoms with E-state index in [9.17, 15) is 9.18 Å². The second kappa shape index (κ2) is 6.44. The first-order chi connectivity index (χ1) is 11.1. The van der Waals surface area contributed by atoms with Gasteiger partial charge in [0.2, 0.25) is 5.91 Å². The Balaban J connectivity index is 1.85. The summed E-state index contributed by atoms with van der Waals surface area (Å²) < 4.78 is 19.7. The highest BCUT2D eigenvalue weighted by Gasteiger charge is 2.46. The fraction of sp³-hybridized carbons (Fsp3) is 0.526. The second-order valence-electron chi connectivity index (χ2n) is 6.56. The van der Waals surface area contributed by atoms with Gasteiger partial charge in [-0.25, -0.2) is 4.39 Å². The van der Waals surface area contributed by atoms with Crippen LogP contribution in [0.3, 0.4) is 0 Å². The number of benzene rings is 1. The third-order valence-corrected chi connectivity index (χ3v) is 5.30. The highest BCUT2D eigenvalue weighted by atomic mass is 19.1. The van der Waals surface area contributed by atoms with Crippen molar-refractivity contribution in [1.82, 2.24) is 4.90 Å². The molecule has 1 aliphatic heterocycles. The normalized spacial score (nSPS) is 22.2. The molecule has 1 spiro atoms. The molecule has 1 amide bonds. The van der Waals surface area contributed by atoms with Gasteiger partial charge in [-0.2, -0.15) is 0 Å². The first kappa shape index (κ1) is 16.2. The molecule has 1 heterocycles. The van der Waals surface area contributed by atoms with Crippen LogP contribution < -0.4 is 0 Å². The number of carbonyl (C=O) groups excluding carboxylic acids is 1. The number of nitrogens with zero attached hydrogens (tertiary/aromatic N) is 1. The zero-order chi connectivity index (χ0) is 16.4. The monoisotopic (exact) mass is 317 g/mol. The van der Waals surface area contributed by atoms with Gasteiger partial charge in [-0.05, 0) is 42.5 Å². The van der Waals surface area contributed by atoms with E-state index >= 15 is 0 Å². The van der Waals surface area contributed by atoms with E-state index in [0.29, 0.717) is 13.0 Å². The van der Waals surface area contributed by atoms with Gasteiger partial charge in [0.05, 0.1) is 12.7 Å². The molecular formula is C19H24FNO2. The Bertz CT molecular complexity index is 605. The number of halogens is 1. The van der Waals surface area contributed by atoms with E-state index in [-0.39, 0.29) is 23.2 Å². The minimum Gasteiger partial charge on any atom is -0.369 e. The van der Waals surface area contributed by atoms with Crippen molar-refractivity contribution in [3.8, 4) is 0 Å². The average molecular weight is 317 g/mol. The van der Waals surface area contributed by atoms with Crippen LogP contribution in [-0.2, 0) is 14.9 Å². The number of likely N-dealkylation sites (tertiary alicyclic amines) is 1. The van der Waals surface area contributed by atoms with Crippen molar-refractivity contribution in [2.75, 3.05) is 19.7 Å². The predicted molar refractivity (Wildman–Crippen MR) is 87.7 cm³/mol. The van der Waals surface area contributed by atoms with Gasteiger partial charge in [0, 0.05) is 24.9 Å². The molecule has 0 N–H and O–H groups in total. The van der Waals surface area contributed by atoms with Gasteiger partial charge in [0.25, 0.3) is 0 Å². The smallest absolute Gasteiger partial charge is 0.222 e. The van der Waals surface area contributed by atoms with Crippen molar-refractivity contribution in [3.05, 3.63) is 47.8 Å². The molecule has 1 aromatic carbocycles. The van der Waals surface area contributed by atoms with Crippen LogP contribution in [0.15, 0.2) is 30.9 Å². The fourth-order valence-electron chi connectivity index (χ4n) is 4.06. The number of hydrogen-bond acceptors (Lipinski definition) is 2. The van der Waals surface area contributed by atoms with Gasteiger partial charge in [-0.15, -0.1) is 6.58 Å². The Hall–Kier alpha value is -1.68. The molecule has 1 fully saturated rings. The molecule has 0 bridgehead atoms. The fourth-order valence-corrected chi connectivity index (χ4v) is 4.06. The third-order valence-electron chi connectivity index (χ3n) is 5.30. The highest BCUT2D eigenvalue weighted by molar-refractivity contribution is 5.76. The molecule has 3 nitrogen and oxygen atoms in total. The Morgan fingerprint density at radius 1 is 1.48 bits per heavy atom. The van der Waals surface area contributed by atoms with E-state index < -0.39 is 0 Å². The van der Waals surface area contributed by atoms with Crippen molar-refractivity contribution in [2.45, 2.75) is 44.1 Å². The molecule has 1 saturated heterocycles. The van der Waals surface area contributed by atoms with Crippen LogP contribution in [0.25, 0.3) is 0 Å². The van der Waals surface area contributed by atoms with Gasteiger partial charge in [-0.1, -0.05) is 19.1 Å². The SMILES string of the molecule is C=CCO[C@H]1CC2(CCN(C(=O)CC)CC2)c2cc(F)ccc21. The molecule has 0 unspecified atom stereocenters. The third kappa shape index (κ3) is 2.92. The van der Waals surface area contributed by atoms with E-state index in [1.54, 1.807) is 12.1 Å². The summed E-state index contributed by atoms with van der Waals surface area (Å²) in [5, 5.41) is 0. The minimum atomic E-state index is -0.195. The second-order valence-corrected chi connectivity index (χ2v) is 6.56. The van der Waals surface area contributed by atoms with Crippen molar-refractivity contribution in [2.24, 2.45) is 0 Å². The van der Waals surface area contributed by atoms with Gasteiger partial charge in [0.1, 0.15) is 5.82 Å². The van der Waals surface area contributed by atoms with Gasteiger partial charge in [-0.3, -0.25) is 4.79 Å². The highest BCUT2D eigenvalue weighted by Crippen LogP contribution is 2.52. The van der Waals surface area contributed by atoms with Crippen molar-refractivity contribution >= 4 is 5.91 Å². The Kier molecular flexibility index (Phi) is 4.53. The summed E-state index contributed by atoms with van der Waals surface area (Å²) in [5.74, 6) is 0.0105. The first-order valence-corrected chi connectivity index (χ1v) is 8.40. The maximum atomic E-state index is 13.8. The molecule has 0 saturated carbocycles. The maximum absolute atomic E-state index is 13.8. The number of rotatable bonds is 4. The number of fused-ring (bicyclic) bond motifs is 2. The zero-order valence-electron chi connectivity index (χ0n) is 13.7. The Morgan fingerprint density at radius 2 is 2.22 bits per heavy atom. The predicted octanol–water partition coefficient (Wildman–Crippen LogP) is 3.74. The lowest BCUT2D eigenvalue weighted by Crippen LogP contribution is -2.44. The standard InChI is InChI=1S/C19H24FNO2/c1-3-11-23-17-13-19(16-12-14(20)5-6-15(16)17)7-9-21(10-8-19)18(22)4-2/h3,5-6,12,17H,1,4,7-11,13H2,2H3/t17-/m0/s1. The van der Waals surface area contributed by atoms with Crippen LogP contribution in [0.2, 0.25) is 0 Å². The summed E-state index contributed by atoms with van der Waals surface area (Å²) in [7, 11) is 0. The molecule has 0 radical (unpaired) electrons. The molecule has 1 atom stereocenters. The van der Waals surface area contributed by atoms with E-state index in [2.05, 4.69) is 6.58 Å². The van der Waals surface area contributed by atoms with Crippen LogP contribution in [0, 0.1) is 5.82 Å². The van der Waals surface area contributed by atoms with E-state index in [1.165, 1.54) is 6.07 Å². The maximum Gasteiger partial charge on any atom is 0.222 e. The summed E-state index contributed by atoms with van der Waals surface area (Å²) >= 11 is 0. The van der Waals surface area contributed by atoms with Crippen LogP contribution in [0.5, 0.6) is 0 Å². The first-order valence-electron chi connectivity index (χ1n) is 8.40. The van der Waals surface area contributed by atoms with Gasteiger partial charge < -0.3 is 9.64 Å². The molecule has 1 aromatic rings. The van der Waals surface area contributed by atoms with Crippen molar-refractivity contribution < 1.29 is 13.9 Å². The minimum absolute atomic E-state index is 0.00275.